The largest absolute Gasteiger partial charge is 0.456 e. The molecule has 4 rings (SSSR count). The van der Waals surface area contributed by atoms with Gasteiger partial charge in [0.15, 0.2) is 0 Å². The van der Waals surface area contributed by atoms with Gasteiger partial charge in [0.05, 0.1) is 11.4 Å². The topological polar surface area (TPSA) is 35.0 Å². The van der Waals surface area contributed by atoms with E-state index in [4.69, 9.17) is 4.74 Å². The van der Waals surface area contributed by atoms with Gasteiger partial charge in [-0.15, -0.1) is 0 Å². The molecule has 0 radical (unpaired) electrons. The molecule has 2 aromatic carbocycles. The summed E-state index contributed by atoms with van der Waals surface area (Å²) in [5, 5.41) is 0. The molecule has 0 saturated carbocycles. The van der Waals surface area contributed by atoms with Gasteiger partial charge in [-0.05, 0) is 60.4 Å². The average Bonchev–Trinajstić information content (AvgIpc) is 2.80. The van der Waals surface area contributed by atoms with Crippen molar-refractivity contribution in [3.8, 4) is 34.0 Å². The first kappa shape index (κ1) is 18.9. The maximum atomic E-state index is 6.55. The molecule has 0 aliphatic rings. The van der Waals surface area contributed by atoms with Crippen LogP contribution in [0.5, 0.6) is 11.5 Å². The first-order chi connectivity index (χ1) is 14.3. The molecule has 0 spiro atoms. The van der Waals surface area contributed by atoms with Crippen LogP contribution < -0.4 is 4.74 Å². The lowest BCUT2D eigenvalue weighted by Crippen LogP contribution is -1.98. The molecule has 0 N–H and O–H groups in total. The summed E-state index contributed by atoms with van der Waals surface area (Å²) in [6, 6.07) is 24.4. The highest BCUT2D eigenvalue weighted by Gasteiger charge is 2.17. The monoisotopic (exact) mass is 380 g/mol. The van der Waals surface area contributed by atoms with Gasteiger partial charge in [0.2, 0.25) is 0 Å². The standard InChI is InChI=1S/C26H24N2O/c1-3-19-11-9-15-23(25(19)21-13-5-7-17-27-21)29-24-16-10-12-20(4-2)26(24)22-14-6-8-18-28-22/h5-18H,3-4H2,1-2H3. The molecule has 0 aliphatic heterocycles. The second-order valence-corrected chi connectivity index (χ2v) is 6.82. The zero-order valence-corrected chi connectivity index (χ0v) is 16.8. The Balaban J connectivity index is 1.86. The number of rotatable bonds is 6. The molecular formula is C26H24N2O. The van der Waals surface area contributed by atoms with Gasteiger partial charge in [-0.2, -0.15) is 0 Å². The van der Waals surface area contributed by atoms with Crippen LogP contribution in [0, 0.1) is 0 Å². The summed E-state index contributed by atoms with van der Waals surface area (Å²) in [4.78, 5) is 9.16. The van der Waals surface area contributed by atoms with E-state index in [0.29, 0.717) is 0 Å². The van der Waals surface area contributed by atoms with E-state index in [9.17, 15) is 0 Å². The lowest BCUT2D eigenvalue weighted by atomic mass is 9.99. The van der Waals surface area contributed by atoms with Gasteiger partial charge in [0.1, 0.15) is 11.5 Å². The zero-order valence-electron chi connectivity index (χ0n) is 16.8. The predicted octanol–water partition coefficient (Wildman–Crippen LogP) is 6.73. The highest BCUT2D eigenvalue weighted by Crippen LogP contribution is 2.40. The fourth-order valence-electron chi connectivity index (χ4n) is 3.63. The van der Waals surface area contributed by atoms with E-state index in [1.165, 1.54) is 11.1 Å². The second-order valence-electron chi connectivity index (χ2n) is 6.82. The average molecular weight is 380 g/mol. The Labute approximate surface area is 172 Å². The number of aromatic nitrogens is 2. The molecule has 0 atom stereocenters. The van der Waals surface area contributed by atoms with Crippen molar-refractivity contribution in [2.75, 3.05) is 0 Å². The summed E-state index contributed by atoms with van der Waals surface area (Å²) in [6.45, 7) is 4.31. The van der Waals surface area contributed by atoms with Gasteiger partial charge in [-0.1, -0.05) is 50.2 Å². The molecule has 2 aromatic heterocycles. The van der Waals surface area contributed by atoms with Gasteiger partial charge in [-0.3, -0.25) is 9.97 Å². The molecule has 2 heterocycles. The van der Waals surface area contributed by atoms with E-state index in [0.717, 1.165) is 46.9 Å². The summed E-state index contributed by atoms with van der Waals surface area (Å²) >= 11 is 0. The smallest absolute Gasteiger partial charge is 0.137 e. The zero-order chi connectivity index (χ0) is 20.1. The van der Waals surface area contributed by atoms with Crippen molar-refractivity contribution in [3.63, 3.8) is 0 Å². The molecule has 0 fully saturated rings. The van der Waals surface area contributed by atoms with Crippen molar-refractivity contribution in [3.05, 3.63) is 96.3 Å². The normalized spacial score (nSPS) is 10.7. The van der Waals surface area contributed by atoms with Crippen molar-refractivity contribution in [1.82, 2.24) is 9.97 Å². The van der Waals surface area contributed by atoms with Crippen LogP contribution in [0.15, 0.2) is 85.2 Å². The molecule has 0 amide bonds. The fraction of sp³-hybridized carbons (Fsp3) is 0.154. The van der Waals surface area contributed by atoms with E-state index in [1.54, 1.807) is 0 Å². The quantitative estimate of drug-likeness (QED) is 0.372. The van der Waals surface area contributed by atoms with E-state index >= 15 is 0 Å². The van der Waals surface area contributed by atoms with Gasteiger partial charge in [0, 0.05) is 23.5 Å². The summed E-state index contributed by atoms with van der Waals surface area (Å²) in [5.41, 5.74) is 6.37. The van der Waals surface area contributed by atoms with E-state index in [1.807, 2.05) is 73.1 Å². The summed E-state index contributed by atoms with van der Waals surface area (Å²) in [6.07, 6.45) is 5.46. The molecule has 0 bridgehead atoms. The molecule has 3 heteroatoms. The Morgan fingerprint density at radius 2 is 1.07 bits per heavy atom. The first-order valence-electron chi connectivity index (χ1n) is 10.1. The molecular weight excluding hydrogens is 356 g/mol. The minimum absolute atomic E-state index is 0.813. The van der Waals surface area contributed by atoms with Crippen LogP contribution in [0.25, 0.3) is 22.5 Å². The minimum atomic E-state index is 0.813. The fourth-order valence-corrected chi connectivity index (χ4v) is 3.63. The highest BCUT2D eigenvalue weighted by atomic mass is 16.5. The number of pyridine rings is 2. The SMILES string of the molecule is CCc1cccc(Oc2cccc(CC)c2-c2ccccn2)c1-c1ccccn1. The molecule has 144 valence electrons. The number of hydrogen-bond donors (Lipinski definition) is 0. The minimum Gasteiger partial charge on any atom is -0.456 e. The van der Waals surface area contributed by atoms with Crippen molar-refractivity contribution in [2.45, 2.75) is 26.7 Å². The van der Waals surface area contributed by atoms with Crippen LogP contribution in [-0.4, -0.2) is 9.97 Å². The number of nitrogens with zero attached hydrogens (tertiary/aromatic N) is 2. The Kier molecular flexibility index (Phi) is 5.66. The summed E-state index contributed by atoms with van der Waals surface area (Å²) in [5.74, 6) is 1.63. The van der Waals surface area contributed by atoms with Crippen LogP contribution in [0.2, 0.25) is 0 Å². The molecule has 4 aromatic rings. The van der Waals surface area contributed by atoms with Crippen LogP contribution in [0.3, 0.4) is 0 Å². The van der Waals surface area contributed by atoms with Gasteiger partial charge in [-0.25, -0.2) is 0 Å². The number of hydrogen-bond acceptors (Lipinski definition) is 3. The lowest BCUT2D eigenvalue weighted by molar-refractivity contribution is 0.484. The molecule has 0 aliphatic carbocycles. The number of ether oxygens (including phenoxy) is 1. The molecule has 0 unspecified atom stereocenters. The van der Waals surface area contributed by atoms with Crippen LogP contribution in [0.4, 0.5) is 0 Å². The van der Waals surface area contributed by atoms with Crippen molar-refractivity contribution < 1.29 is 4.74 Å². The van der Waals surface area contributed by atoms with Gasteiger partial charge < -0.3 is 4.74 Å². The summed E-state index contributed by atoms with van der Waals surface area (Å²) < 4.78 is 6.55. The maximum Gasteiger partial charge on any atom is 0.137 e. The van der Waals surface area contributed by atoms with E-state index < -0.39 is 0 Å². The Morgan fingerprint density at radius 3 is 1.45 bits per heavy atom. The van der Waals surface area contributed by atoms with Crippen LogP contribution in [0.1, 0.15) is 25.0 Å². The van der Waals surface area contributed by atoms with E-state index in [2.05, 4.69) is 35.9 Å². The summed E-state index contributed by atoms with van der Waals surface area (Å²) in [7, 11) is 0. The maximum absolute atomic E-state index is 6.55. The van der Waals surface area contributed by atoms with Crippen molar-refractivity contribution >= 4 is 0 Å². The Hall–Kier alpha value is -3.46. The van der Waals surface area contributed by atoms with E-state index in [-0.39, 0.29) is 0 Å². The molecule has 0 saturated heterocycles. The third-order valence-electron chi connectivity index (χ3n) is 5.05. The van der Waals surface area contributed by atoms with Crippen molar-refractivity contribution in [2.24, 2.45) is 0 Å². The Morgan fingerprint density at radius 1 is 0.586 bits per heavy atom. The van der Waals surface area contributed by atoms with Crippen LogP contribution >= 0.6 is 0 Å². The van der Waals surface area contributed by atoms with Gasteiger partial charge >= 0.3 is 0 Å². The Bertz CT molecular complexity index is 1000. The third-order valence-corrected chi connectivity index (χ3v) is 5.05. The number of aryl methyl sites for hydroxylation is 2. The first-order valence-corrected chi connectivity index (χ1v) is 10.1. The molecule has 29 heavy (non-hydrogen) atoms. The second kappa shape index (κ2) is 8.70. The van der Waals surface area contributed by atoms with Crippen LogP contribution in [-0.2, 0) is 12.8 Å². The number of benzene rings is 2. The predicted molar refractivity (Wildman–Crippen MR) is 118 cm³/mol. The van der Waals surface area contributed by atoms with Gasteiger partial charge in [0.25, 0.3) is 0 Å². The molecule has 3 nitrogen and oxygen atoms in total. The highest BCUT2D eigenvalue weighted by molar-refractivity contribution is 5.75. The van der Waals surface area contributed by atoms with Crippen molar-refractivity contribution in [1.29, 1.82) is 0 Å². The lowest BCUT2D eigenvalue weighted by Gasteiger charge is -2.18. The third kappa shape index (κ3) is 3.90.